The van der Waals surface area contributed by atoms with E-state index in [-0.39, 0.29) is 5.75 Å². The molecule has 1 heterocycles. The molecule has 0 amide bonds. The van der Waals surface area contributed by atoms with E-state index in [1.54, 1.807) is 11.8 Å². The van der Waals surface area contributed by atoms with Crippen molar-refractivity contribution in [3.05, 3.63) is 46.8 Å². The molecule has 0 fully saturated rings. The van der Waals surface area contributed by atoms with Crippen LogP contribution >= 0.6 is 0 Å². The van der Waals surface area contributed by atoms with Gasteiger partial charge in [-0.1, -0.05) is 16.8 Å². The summed E-state index contributed by atoms with van der Waals surface area (Å²) in [5, 5.41) is 17.3. The molecule has 1 aromatic heterocycles. The van der Waals surface area contributed by atoms with Crippen LogP contribution in [0.15, 0.2) is 24.3 Å². The molecule has 2 aromatic rings. The monoisotopic (exact) mass is 284 g/mol. The average Bonchev–Trinajstić information content (AvgIpc) is 2.52. The number of hydrogen-bond donors (Lipinski definition) is 0. The standard InChI is InChI=1S/C17H20N2O2/c1-19-16(11-12-7-9-13(21-2)10-8-12)17(20)14-5-3-4-6-15(14)18-19/h7-10H,3-6,11H2,1-2H3. The Morgan fingerprint density at radius 2 is 1.90 bits per heavy atom. The lowest BCUT2D eigenvalue weighted by molar-refractivity contribution is -0.740. The Morgan fingerprint density at radius 1 is 1.19 bits per heavy atom. The van der Waals surface area contributed by atoms with E-state index in [9.17, 15) is 5.11 Å². The summed E-state index contributed by atoms with van der Waals surface area (Å²) < 4.78 is 6.92. The fourth-order valence-corrected chi connectivity index (χ4v) is 2.94. The van der Waals surface area contributed by atoms with Crippen LogP contribution in [0.4, 0.5) is 0 Å². The van der Waals surface area contributed by atoms with Crippen LogP contribution in [-0.4, -0.2) is 12.2 Å². The van der Waals surface area contributed by atoms with Crippen LogP contribution in [0.25, 0.3) is 0 Å². The molecule has 4 heteroatoms. The van der Waals surface area contributed by atoms with E-state index in [0.717, 1.165) is 53.9 Å². The molecule has 0 aliphatic heterocycles. The van der Waals surface area contributed by atoms with Gasteiger partial charge in [0.15, 0.2) is 7.05 Å². The molecule has 1 aliphatic carbocycles. The Balaban J connectivity index is 1.94. The quantitative estimate of drug-likeness (QED) is 0.802. The van der Waals surface area contributed by atoms with Gasteiger partial charge in [-0.15, -0.1) is 0 Å². The zero-order chi connectivity index (χ0) is 14.8. The van der Waals surface area contributed by atoms with Gasteiger partial charge in [0.25, 0.3) is 0 Å². The van der Waals surface area contributed by atoms with E-state index in [2.05, 4.69) is 5.10 Å². The van der Waals surface area contributed by atoms with Crippen molar-refractivity contribution in [3.8, 4) is 11.5 Å². The second-order valence-electron chi connectivity index (χ2n) is 5.56. The maximum atomic E-state index is 12.7. The second-order valence-corrected chi connectivity index (χ2v) is 5.56. The third-order valence-electron chi connectivity index (χ3n) is 4.17. The number of aromatic nitrogens is 2. The summed E-state index contributed by atoms with van der Waals surface area (Å²) in [5.74, 6) is 1.01. The molecular formula is C17H20N2O2. The molecule has 110 valence electrons. The van der Waals surface area contributed by atoms with Crippen molar-refractivity contribution in [2.45, 2.75) is 32.1 Å². The lowest BCUT2D eigenvalue weighted by atomic mass is 9.94. The fraction of sp³-hybridized carbons (Fsp3) is 0.412. The van der Waals surface area contributed by atoms with Crippen LogP contribution in [-0.2, 0) is 26.3 Å². The summed E-state index contributed by atoms with van der Waals surface area (Å²) in [6.45, 7) is 0. The van der Waals surface area contributed by atoms with E-state index < -0.39 is 0 Å². The highest BCUT2D eigenvalue weighted by Crippen LogP contribution is 2.27. The van der Waals surface area contributed by atoms with Gasteiger partial charge >= 0.3 is 0 Å². The molecular weight excluding hydrogens is 264 g/mol. The predicted octanol–water partition coefficient (Wildman–Crippen LogP) is 1.46. The molecule has 0 spiro atoms. The maximum Gasteiger partial charge on any atom is 0.205 e. The normalized spacial score (nSPS) is 13.8. The largest absolute Gasteiger partial charge is 0.868 e. The molecule has 21 heavy (non-hydrogen) atoms. The van der Waals surface area contributed by atoms with Crippen LogP contribution in [0, 0.1) is 0 Å². The molecule has 0 radical (unpaired) electrons. The van der Waals surface area contributed by atoms with Gasteiger partial charge in [0.1, 0.15) is 11.4 Å². The molecule has 3 rings (SSSR count). The van der Waals surface area contributed by atoms with Gasteiger partial charge in [0.2, 0.25) is 5.69 Å². The number of aryl methyl sites for hydroxylation is 2. The summed E-state index contributed by atoms with van der Waals surface area (Å²) in [6, 6.07) is 7.84. The molecule has 0 saturated heterocycles. The van der Waals surface area contributed by atoms with E-state index >= 15 is 0 Å². The summed E-state index contributed by atoms with van der Waals surface area (Å²) in [4.78, 5) is 0. The topological polar surface area (TPSA) is 49.1 Å². The highest BCUT2D eigenvalue weighted by Gasteiger charge is 2.21. The zero-order valence-electron chi connectivity index (χ0n) is 12.6. The predicted molar refractivity (Wildman–Crippen MR) is 77.3 cm³/mol. The number of fused-ring (bicyclic) bond motifs is 1. The van der Waals surface area contributed by atoms with Crippen molar-refractivity contribution in [3.63, 3.8) is 0 Å². The SMILES string of the molecule is COc1ccc(Cc2c([O-])c3c(n[n+]2C)CCCC3)cc1. The van der Waals surface area contributed by atoms with Gasteiger partial charge < -0.3 is 9.84 Å². The van der Waals surface area contributed by atoms with Gasteiger partial charge in [-0.25, -0.2) is 0 Å². The van der Waals surface area contributed by atoms with Gasteiger partial charge in [0, 0.05) is 0 Å². The molecule has 4 nitrogen and oxygen atoms in total. The highest BCUT2D eigenvalue weighted by atomic mass is 16.5. The Hall–Kier alpha value is -2.10. The number of rotatable bonds is 3. The van der Waals surface area contributed by atoms with E-state index in [4.69, 9.17) is 4.74 Å². The first-order valence-corrected chi connectivity index (χ1v) is 7.40. The number of methoxy groups -OCH3 is 1. The molecule has 1 aliphatic rings. The minimum absolute atomic E-state index is 0.179. The van der Waals surface area contributed by atoms with E-state index in [1.807, 2.05) is 31.3 Å². The number of ether oxygens (including phenoxy) is 1. The molecule has 0 N–H and O–H groups in total. The van der Waals surface area contributed by atoms with Crippen LogP contribution < -0.4 is 14.5 Å². The van der Waals surface area contributed by atoms with E-state index in [1.165, 1.54) is 0 Å². The fourth-order valence-electron chi connectivity index (χ4n) is 2.94. The Bertz CT molecular complexity index is 651. The molecule has 0 bridgehead atoms. The van der Waals surface area contributed by atoms with Crippen molar-refractivity contribution in [2.75, 3.05) is 7.11 Å². The van der Waals surface area contributed by atoms with Gasteiger partial charge in [-0.2, -0.15) is 0 Å². The summed E-state index contributed by atoms with van der Waals surface area (Å²) in [5.41, 5.74) is 3.79. The Morgan fingerprint density at radius 3 is 2.62 bits per heavy atom. The van der Waals surface area contributed by atoms with Crippen LogP contribution in [0.1, 0.15) is 35.4 Å². The van der Waals surface area contributed by atoms with Crippen LogP contribution in [0.2, 0.25) is 0 Å². The van der Waals surface area contributed by atoms with Crippen LogP contribution in [0.5, 0.6) is 11.5 Å². The minimum Gasteiger partial charge on any atom is -0.868 e. The van der Waals surface area contributed by atoms with Gasteiger partial charge in [0.05, 0.1) is 13.5 Å². The van der Waals surface area contributed by atoms with Crippen LogP contribution in [0.3, 0.4) is 0 Å². The average molecular weight is 284 g/mol. The lowest BCUT2D eigenvalue weighted by Crippen LogP contribution is -2.41. The van der Waals surface area contributed by atoms with E-state index in [0.29, 0.717) is 6.42 Å². The molecule has 0 saturated carbocycles. The summed E-state index contributed by atoms with van der Waals surface area (Å²) in [6.07, 6.45) is 4.65. The molecule has 0 unspecified atom stereocenters. The van der Waals surface area contributed by atoms with Gasteiger partial charge in [-0.05, 0) is 59.8 Å². The number of nitrogens with zero attached hydrogens (tertiary/aromatic N) is 2. The molecule has 0 atom stereocenters. The third kappa shape index (κ3) is 2.71. The Kier molecular flexibility index (Phi) is 3.78. The summed E-state index contributed by atoms with van der Waals surface area (Å²) >= 11 is 0. The van der Waals surface area contributed by atoms with Crippen molar-refractivity contribution in [1.82, 2.24) is 5.10 Å². The smallest absolute Gasteiger partial charge is 0.205 e. The number of benzene rings is 1. The van der Waals surface area contributed by atoms with Crippen molar-refractivity contribution >= 4 is 0 Å². The first kappa shape index (κ1) is 13.9. The van der Waals surface area contributed by atoms with Crippen molar-refractivity contribution in [1.29, 1.82) is 0 Å². The highest BCUT2D eigenvalue weighted by molar-refractivity contribution is 5.39. The van der Waals surface area contributed by atoms with Crippen molar-refractivity contribution in [2.24, 2.45) is 7.05 Å². The van der Waals surface area contributed by atoms with Gasteiger partial charge in [-0.3, -0.25) is 0 Å². The lowest BCUT2D eigenvalue weighted by Gasteiger charge is -2.21. The zero-order valence-corrected chi connectivity index (χ0v) is 12.6. The summed E-state index contributed by atoms with van der Waals surface area (Å²) in [7, 11) is 3.52. The van der Waals surface area contributed by atoms with Crippen molar-refractivity contribution < 1.29 is 14.5 Å². The maximum absolute atomic E-state index is 12.7. The molecule has 1 aromatic carbocycles. The first-order valence-electron chi connectivity index (χ1n) is 7.40. The Labute approximate surface area is 125 Å². The third-order valence-corrected chi connectivity index (χ3v) is 4.17. The minimum atomic E-state index is 0.179. The first-order chi connectivity index (χ1) is 10.2. The number of hydrogen-bond acceptors (Lipinski definition) is 3. The second kappa shape index (κ2) is 5.72.